The molecule has 3 aromatic rings. The number of methoxy groups -OCH3 is 1. The van der Waals surface area contributed by atoms with Gasteiger partial charge in [-0.05, 0) is 47.5 Å². The summed E-state index contributed by atoms with van der Waals surface area (Å²) < 4.78 is 20.8. The normalized spacial score (nSPS) is 20.9. The number of carbonyl (C=O) groups is 1. The van der Waals surface area contributed by atoms with Gasteiger partial charge in [0.25, 0.3) is 5.91 Å². The van der Waals surface area contributed by atoms with E-state index in [9.17, 15) is 9.18 Å². The Hall–Kier alpha value is -3.12. The molecule has 0 aliphatic carbocycles. The monoisotopic (exact) mass is 405 g/mol. The molecule has 0 unspecified atom stereocenters. The van der Waals surface area contributed by atoms with Crippen molar-refractivity contribution < 1.29 is 13.9 Å². The third-order valence-electron chi connectivity index (χ3n) is 6.16. The van der Waals surface area contributed by atoms with E-state index < -0.39 is 0 Å². The van der Waals surface area contributed by atoms with Crippen LogP contribution in [0.4, 0.5) is 4.39 Å². The number of aromatic nitrogens is 1. The maximum absolute atomic E-state index is 13.3. The summed E-state index contributed by atoms with van der Waals surface area (Å²) in [5, 5.41) is 0. The highest BCUT2D eigenvalue weighted by atomic mass is 19.1. The lowest BCUT2D eigenvalue weighted by Crippen LogP contribution is -2.49. The third kappa shape index (κ3) is 3.37. The molecular weight excluding hydrogens is 381 g/mol. The Kier molecular flexibility index (Phi) is 4.79. The lowest BCUT2D eigenvalue weighted by atomic mass is 10.0. The number of halogens is 1. The number of hydrogen-bond donors (Lipinski definition) is 0. The summed E-state index contributed by atoms with van der Waals surface area (Å²) in [4.78, 5) is 17.6. The zero-order valence-corrected chi connectivity index (χ0v) is 16.9. The van der Waals surface area contributed by atoms with Crippen molar-refractivity contribution in [2.24, 2.45) is 0 Å². The Labute approximate surface area is 175 Å². The van der Waals surface area contributed by atoms with Crippen LogP contribution in [0.1, 0.15) is 27.7 Å². The lowest BCUT2D eigenvalue weighted by molar-refractivity contribution is 0.0556. The fourth-order valence-electron chi connectivity index (χ4n) is 4.72. The molecule has 0 bridgehead atoms. The molecule has 1 saturated heterocycles. The van der Waals surface area contributed by atoms with E-state index in [4.69, 9.17) is 4.74 Å². The summed E-state index contributed by atoms with van der Waals surface area (Å²) in [5.74, 6) is 0.625. The highest BCUT2D eigenvalue weighted by Gasteiger charge is 2.44. The third-order valence-corrected chi connectivity index (χ3v) is 6.16. The highest BCUT2D eigenvalue weighted by Crippen LogP contribution is 2.35. The van der Waals surface area contributed by atoms with Crippen LogP contribution in [0, 0.1) is 5.82 Å². The Morgan fingerprint density at radius 3 is 2.57 bits per heavy atom. The van der Waals surface area contributed by atoms with Crippen molar-refractivity contribution in [3.05, 3.63) is 89.5 Å². The van der Waals surface area contributed by atoms with Gasteiger partial charge in [-0.2, -0.15) is 0 Å². The van der Waals surface area contributed by atoms with Gasteiger partial charge in [0, 0.05) is 32.4 Å². The van der Waals surface area contributed by atoms with Crippen LogP contribution in [0.25, 0.3) is 0 Å². The number of carbonyl (C=O) groups excluding carboxylic acids is 1. The molecule has 1 aromatic heterocycles. The van der Waals surface area contributed by atoms with Gasteiger partial charge in [0.05, 0.1) is 19.2 Å². The molecule has 0 N–H and O–H groups in total. The Morgan fingerprint density at radius 2 is 1.77 bits per heavy atom. The molecule has 6 heteroatoms. The molecule has 1 fully saturated rings. The first kappa shape index (κ1) is 18.9. The van der Waals surface area contributed by atoms with Crippen LogP contribution in [0.5, 0.6) is 5.75 Å². The molecular formula is C24H24FN3O2. The predicted molar refractivity (Wildman–Crippen MR) is 112 cm³/mol. The summed E-state index contributed by atoms with van der Waals surface area (Å²) in [7, 11) is 1.68. The molecule has 2 aliphatic heterocycles. The molecule has 1 amide bonds. The SMILES string of the molecule is COc1cccc(CN2C[C@H]3[C@H](C2)n2cccc2C(=O)N3Cc2ccc(F)cc2)c1. The molecule has 30 heavy (non-hydrogen) atoms. The number of rotatable bonds is 5. The zero-order chi connectivity index (χ0) is 20.7. The maximum atomic E-state index is 13.3. The van der Waals surface area contributed by atoms with E-state index in [-0.39, 0.29) is 23.8 Å². The van der Waals surface area contributed by atoms with E-state index in [2.05, 4.69) is 21.6 Å². The van der Waals surface area contributed by atoms with E-state index in [0.717, 1.165) is 36.6 Å². The van der Waals surface area contributed by atoms with Crippen molar-refractivity contribution in [1.29, 1.82) is 0 Å². The molecule has 5 nitrogen and oxygen atoms in total. The molecule has 0 spiro atoms. The van der Waals surface area contributed by atoms with Crippen LogP contribution >= 0.6 is 0 Å². The number of likely N-dealkylation sites (tertiary alicyclic amines) is 1. The number of ether oxygens (including phenoxy) is 1. The fraction of sp³-hybridized carbons (Fsp3) is 0.292. The van der Waals surface area contributed by atoms with E-state index in [0.29, 0.717) is 6.54 Å². The molecule has 3 heterocycles. The number of benzene rings is 2. The number of fused-ring (bicyclic) bond motifs is 3. The van der Waals surface area contributed by atoms with Crippen molar-refractivity contribution >= 4 is 5.91 Å². The van der Waals surface area contributed by atoms with Crippen molar-refractivity contribution in [1.82, 2.24) is 14.4 Å². The second-order valence-electron chi connectivity index (χ2n) is 8.04. The van der Waals surface area contributed by atoms with Gasteiger partial charge >= 0.3 is 0 Å². The summed E-state index contributed by atoms with van der Waals surface area (Å²) >= 11 is 0. The van der Waals surface area contributed by atoms with E-state index in [1.807, 2.05) is 35.4 Å². The molecule has 2 aromatic carbocycles. The minimum atomic E-state index is -0.263. The molecule has 0 saturated carbocycles. The average molecular weight is 405 g/mol. The van der Waals surface area contributed by atoms with Gasteiger partial charge in [0.2, 0.25) is 0 Å². The van der Waals surface area contributed by atoms with Crippen LogP contribution < -0.4 is 4.74 Å². The summed E-state index contributed by atoms with van der Waals surface area (Å²) in [6, 6.07) is 18.7. The Bertz CT molecular complexity index is 1060. The van der Waals surface area contributed by atoms with Gasteiger partial charge in [0.15, 0.2) is 0 Å². The van der Waals surface area contributed by atoms with E-state index >= 15 is 0 Å². The second kappa shape index (κ2) is 7.61. The highest BCUT2D eigenvalue weighted by molar-refractivity contribution is 5.94. The minimum absolute atomic E-state index is 0.0359. The zero-order valence-electron chi connectivity index (χ0n) is 16.9. The fourth-order valence-corrected chi connectivity index (χ4v) is 4.72. The quantitative estimate of drug-likeness (QED) is 0.649. The van der Waals surface area contributed by atoms with Crippen LogP contribution in [-0.2, 0) is 13.1 Å². The first-order chi connectivity index (χ1) is 14.6. The van der Waals surface area contributed by atoms with Gasteiger partial charge in [-0.25, -0.2) is 4.39 Å². The van der Waals surface area contributed by atoms with Crippen LogP contribution in [0.15, 0.2) is 66.9 Å². The van der Waals surface area contributed by atoms with Gasteiger partial charge in [0.1, 0.15) is 17.3 Å². The van der Waals surface area contributed by atoms with Gasteiger partial charge < -0.3 is 14.2 Å². The van der Waals surface area contributed by atoms with Crippen molar-refractivity contribution in [3.63, 3.8) is 0 Å². The average Bonchev–Trinajstić information content (AvgIpc) is 3.40. The number of nitrogens with zero attached hydrogens (tertiary/aromatic N) is 3. The van der Waals surface area contributed by atoms with Crippen molar-refractivity contribution in [3.8, 4) is 5.75 Å². The smallest absolute Gasteiger partial charge is 0.271 e. The van der Waals surface area contributed by atoms with Gasteiger partial charge in [-0.3, -0.25) is 9.69 Å². The molecule has 154 valence electrons. The molecule has 2 atom stereocenters. The Morgan fingerprint density at radius 1 is 0.967 bits per heavy atom. The summed E-state index contributed by atoms with van der Waals surface area (Å²) in [5.41, 5.74) is 2.86. The van der Waals surface area contributed by atoms with Crippen LogP contribution in [-0.4, -0.2) is 46.5 Å². The first-order valence-corrected chi connectivity index (χ1v) is 10.2. The van der Waals surface area contributed by atoms with E-state index in [1.165, 1.54) is 17.7 Å². The molecule has 0 radical (unpaired) electrons. The summed E-state index contributed by atoms with van der Waals surface area (Å²) in [6.45, 7) is 2.96. The standard InChI is InChI=1S/C24H24FN3O2/c1-30-20-5-2-4-18(12-20)13-26-15-22-23(16-26)28(14-17-7-9-19(25)10-8-17)24(29)21-6-3-11-27(21)22/h2-12,22-23H,13-16H2,1H3/t22-,23-/m0/s1. The van der Waals surface area contributed by atoms with Gasteiger partial charge in [-0.15, -0.1) is 0 Å². The number of hydrogen-bond acceptors (Lipinski definition) is 3. The van der Waals surface area contributed by atoms with Crippen LogP contribution in [0.2, 0.25) is 0 Å². The first-order valence-electron chi connectivity index (χ1n) is 10.2. The molecule has 5 rings (SSSR count). The summed E-state index contributed by atoms with van der Waals surface area (Å²) in [6.07, 6.45) is 2.01. The van der Waals surface area contributed by atoms with Crippen molar-refractivity contribution in [2.75, 3.05) is 20.2 Å². The second-order valence-corrected chi connectivity index (χ2v) is 8.04. The maximum Gasteiger partial charge on any atom is 0.271 e. The van der Waals surface area contributed by atoms with E-state index in [1.54, 1.807) is 19.2 Å². The van der Waals surface area contributed by atoms with Crippen LogP contribution in [0.3, 0.4) is 0 Å². The Balaban J connectivity index is 1.41. The lowest BCUT2D eigenvalue weighted by Gasteiger charge is -2.38. The topological polar surface area (TPSA) is 37.7 Å². The predicted octanol–water partition coefficient (Wildman–Crippen LogP) is 3.72. The number of amides is 1. The minimum Gasteiger partial charge on any atom is -0.497 e. The largest absolute Gasteiger partial charge is 0.497 e. The molecule has 2 aliphatic rings. The van der Waals surface area contributed by atoms with Gasteiger partial charge in [-0.1, -0.05) is 24.3 Å². The van der Waals surface area contributed by atoms with Crippen molar-refractivity contribution in [2.45, 2.75) is 25.2 Å².